The topological polar surface area (TPSA) is 67.9 Å². The number of nitrogens with one attached hydrogen (secondary N) is 1. The van der Waals surface area contributed by atoms with Crippen LogP contribution in [0, 0.1) is 0 Å². The van der Waals surface area contributed by atoms with Gasteiger partial charge in [-0.1, -0.05) is 23.2 Å². The van der Waals surface area contributed by atoms with Gasteiger partial charge in [0, 0.05) is 11.6 Å². The fraction of sp³-hybridized carbons (Fsp3) is 0.375. The lowest BCUT2D eigenvalue weighted by Crippen LogP contribution is -2.38. The van der Waals surface area contributed by atoms with Crippen LogP contribution < -0.4 is 14.2 Å². The average Bonchev–Trinajstić information content (AvgIpc) is 2.94. The summed E-state index contributed by atoms with van der Waals surface area (Å²) < 4.78 is 39.5. The van der Waals surface area contributed by atoms with Gasteiger partial charge in [0.15, 0.2) is 0 Å². The lowest BCUT2D eigenvalue weighted by atomic mass is 10.00. The normalized spacial score (nSPS) is 16.9. The number of hydrogen-bond donors (Lipinski definition) is 1. The van der Waals surface area contributed by atoms with E-state index in [1.807, 2.05) is 14.1 Å². The Morgan fingerprint density at radius 3 is 2.65 bits per heavy atom. The molecule has 2 aromatic rings. The summed E-state index contributed by atoms with van der Waals surface area (Å²) in [7, 11) is 1.70. The van der Waals surface area contributed by atoms with Gasteiger partial charge in [0.2, 0.25) is 0 Å². The minimum Gasteiger partial charge on any atom is -0.496 e. The Hall–Kier alpha value is -1.19. The van der Waals surface area contributed by atoms with Crippen LogP contribution in [0.4, 0.5) is 5.69 Å². The predicted molar refractivity (Wildman–Crippen MR) is 105 cm³/mol. The van der Waals surface area contributed by atoms with Crippen molar-refractivity contribution in [3.63, 3.8) is 0 Å². The van der Waals surface area contributed by atoms with Crippen LogP contribution in [0.25, 0.3) is 0 Å². The molecule has 0 aliphatic carbocycles. The highest BCUT2D eigenvalue weighted by molar-refractivity contribution is 7.94. The average molecular weight is 437 g/mol. The molecule has 26 heavy (non-hydrogen) atoms. The van der Waals surface area contributed by atoms with Crippen LogP contribution in [0.15, 0.2) is 22.4 Å². The van der Waals surface area contributed by atoms with E-state index < -0.39 is 10.0 Å². The third-order valence-corrected chi connectivity index (χ3v) is 7.86. The van der Waals surface area contributed by atoms with E-state index in [4.69, 9.17) is 32.7 Å². The van der Waals surface area contributed by atoms with Crippen LogP contribution in [0.3, 0.4) is 0 Å². The molecule has 1 aromatic carbocycles. The van der Waals surface area contributed by atoms with Gasteiger partial charge in [-0.15, -0.1) is 11.3 Å². The second-order valence-corrected chi connectivity index (χ2v) is 10.0. The summed E-state index contributed by atoms with van der Waals surface area (Å²) >= 11 is 12.7. The van der Waals surface area contributed by atoms with Crippen LogP contribution in [-0.4, -0.2) is 47.2 Å². The van der Waals surface area contributed by atoms with Crippen molar-refractivity contribution in [2.24, 2.45) is 0 Å². The van der Waals surface area contributed by atoms with Gasteiger partial charge in [-0.2, -0.15) is 0 Å². The number of nitrogens with zero attached hydrogens (tertiary/aromatic N) is 1. The first kappa shape index (κ1) is 19.6. The summed E-state index contributed by atoms with van der Waals surface area (Å²) in [5.41, 5.74) is 1.19. The molecule has 0 unspecified atom stereocenters. The molecule has 2 heterocycles. The van der Waals surface area contributed by atoms with Gasteiger partial charge in [0.1, 0.15) is 26.7 Å². The number of rotatable bonds is 5. The third-order valence-electron chi connectivity index (χ3n) is 4.16. The quantitative estimate of drug-likeness (QED) is 0.772. The Labute approximate surface area is 166 Å². The van der Waals surface area contributed by atoms with Crippen LogP contribution in [0.2, 0.25) is 9.36 Å². The van der Waals surface area contributed by atoms with E-state index in [1.165, 1.54) is 6.07 Å². The first-order chi connectivity index (χ1) is 12.2. The van der Waals surface area contributed by atoms with E-state index in [2.05, 4.69) is 9.62 Å². The van der Waals surface area contributed by atoms with Crippen molar-refractivity contribution in [1.82, 2.24) is 4.90 Å². The Kier molecular flexibility index (Phi) is 5.60. The molecule has 0 spiro atoms. The molecule has 1 N–H and O–H groups in total. The Morgan fingerprint density at radius 2 is 2.08 bits per heavy atom. The molecule has 3 rings (SSSR count). The molecular weight excluding hydrogens is 419 g/mol. The maximum absolute atomic E-state index is 12.7. The van der Waals surface area contributed by atoms with Crippen LogP contribution in [0.1, 0.15) is 5.56 Å². The van der Waals surface area contributed by atoms with Crippen molar-refractivity contribution in [3.05, 3.63) is 33.1 Å². The van der Waals surface area contributed by atoms with Gasteiger partial charge in [-0.3, -0.25) is 4.72 Å². The lowest BCUT2D eigenvalue weighted by molar-refractivity contribution is 0.164. The first-order valence-corrected chi connectivity index (χ1v) is 10.7. The molecule has 0 radical (unpaired) electrons. The molecular formula is C16H18Cl2N2O4S2. The molecule has 0 bridgehead atoms. The van der Waals surface area contributed by atoms with Gasteiger partial charge >= 0.3 is 0 Å². The van der Waals surface area contributed by atoms with Crippen LogP contribution >= 0.6 is 34.5 Å². The third kappa shape index (κ3) is 3.75. The molecule has 10 heteroatoms. The number of anilines is 1. The van der Waals surface area contributed by atoms with Crippen molar-refractivity contribution < 1.29 is 17.9 Å². The number of fused-ring (bicyclic) bond motifs is 1. The summed E-state index contributed by atoms with van der Waals surface area (Å²) in [6, 6.07) is 4.86. The second kappa shape index (κ2) is 7.44. The van der Waals surface area contributed by atoms with E-state index in [0.29, 0.717) is 30.2 Å². The van der Waals surface area contributed by atoms with Gasteiger partial charge in [-0.25, -0.2) is 8.42 Å². The summed E-state index contributed by atoms with van der Waals surface area (Å²) in [5.74, 6) is 1.15. The maximum atomic E-state index is 12.7. The maximum Gasteiger partial charge on any atom is 0.271 e. The standard InChI is InChI=1S/C16H18Cl2N2O4S2/c1-20(2)9-6-10-13(23-3)5-4-12(15(10)24-8-9)19-26(21,22)14-7-11(17)16(18)25-14/h4-5,7,9,19H,6,8H2,1-3H3/t9-/m1/s1. The molecule has 1 aromatic heterocycles. The predicted octanol–water partition coefficient (Wildman–Crippen LogP) is 3.73. The summed E-state index contributed by atoms with van der Waals surface area (Å²) in [4.78, 5) is 2.06. The molecule has 0 saturated heterocycles. The zero-order chi connectivity index (χ0) is 19.1. The van der Waals surface area contributed by atoms with Crippen LogP contribution in [-0.2, 0) is 16.4 Å². The van der Waals surface area contributed by atoms with Gasteiger partial charge in [0.25, 0.3) is 10.0 Å². The van der Waals surface area contributed by atoms with Gasteiger partial charge < -0.3 is 14.4 Å². The molecule has 1 aliphatic heterocycles. The number of methoxy groups -OCH3 is 1. The molecule has 0 amide bonds. The number of ether oxygens (including phenoxy) is 2. The van der Waals surface area contributed by atoms with Crippen molar-refractivity contribution in [2.45, 2.75) is 16.7 Å². The molecule has 142 valence electrons. The Bertz CT molecular complexity index is 909. The summed E-state index contributed by atoms with van der Waals surface area (Å²) in [6.45, 7) is 0.457. The minimum atomic E-state index is -3.83. The van der Waals surface area contributed by atoms with E-state index in [-0.39, 0.29) is 19.6 Å². The fourth-order valence-corrected chi connectivity index (χ4v) is 5.64. The van der Waals surface area contributed by atoms with Gasteiger partial charge in [0.05, 0.1) is 17.8 Å². The highest BCUT2D eigenvalue weighted by Gasteiger charge is 2.29. The van der Waals surface area contributed by atoms with E-state index in [0.717, 1.165) is 16.9 Å². The molecule has 1 atom stereocenters. The van der Waals surface area contributed by atoms with E-state index in [9.17, 15) is 8.42 Å². The second-order valence-electron chi connectivity index (χ2n) is 6.05. The number of sulfonamides is 1. The number of halogens is 2. The number of thiophene rings is 1. The van der Waals surface area contributed by atoms with E-state index in [1.54, 1.807) is 19.2 Å². The number of benzene rings is 1. The van der Waals surface area contributed by atoms with E-state index >= 15 is 0 Å². The SMILES string of the molecule is COc1ccc(NS(=O)(=O)c2cc(Cl)c(Cl)s2)c2c1C[C@@H](N(C)C)CO2. The van der Waals surface area contributed by atoms with Crippen molar-refractivity contribution in [2.75, 3.05) is 32.5 Å². The van der Waals surface area contributed by atoms with Crippen LogP contribution in [0.5, 0.6) is 11.5 Å². The van der Waals surface area contributed by atoms with Crippen molar-refractivity contribution in [1.29, 1.82) is 0 Å². The Morgan fingerprint density at radius 1 is 1.35 bits per heavy atom. The monoisotopic (exact) mass is 436 g/mol. The number of hydrogen-bond acceptors (Lipinski definition) is 6. The van der Waals surface area contributed by atoms with Gasteiger partial charge in [-0.05, 0) is 38.7 Å². The zero-order valence-electron chi connectivity index (χ0n) is 14.4. The highest BCUT2D eigenvalue weighted by Crippen LogP contribution is 2.41. The minimum absolute atomic E-state index is 0.0408. The molecule has 0 fully saturated rings. The Balaban J connectivity index is 1.98. The van der Waals surface area contributed by atoms with Crippen molar-refractivity contribution in [3.8, 4) is 11.5 Å². The fourth-order valence-electron chi connectivity index (χ4n) is 2.70. The number of likely N-dealkylation sites (N-methyl/N-ethyl adjacent to an activating group) is 1. The summed E-state index contributed by atoms with van der Waals surface area (Å²) in [5, 5.41) is 0.207. The molecule has 6 nitrogen and oxygen atoms in total. The molecule has 0 saturated carbocycles. The first-order valence-electron chi connectivity index (χ1n) is 7.69. The molecule has 1 aliphatic rings. The summed E-state index contributed by atoms with van der Waals surface area (Å²) in [6.07, 6.45) is 0.692. The largest absolute Gasteiger partial charge is 0.496 e. The smallest absolute Gasteiger partial charge is 0.271 e. The van der Waals surface area contributed by atoms with Crippen molar-refractivity contribution >= 4 is 50.2 Å². The lowest BCUT2D eigenvalue weighted by Gasteiger charge is -2.32. The zero-order valence-corrected chi connectivity index (χ0v) is 17.5. The highest BCUT2D eigenvalue weighted by atomic mass is 35.5.